The lowest BCUT2D eigenvalue weighted by Crippen LogP contribution is -2.55. The first kappa shape index (κ1) is 41.0. The summed E-state index contributed by atoms with van der Waals surface area (Å²) in [6.07, 6.45) is 6.15. The summed E-state index contributed by atoms with van der Waals surface area (Å²) in [6.45, 7) is 4.01. The first-order valence-corrected chi connectivity index (χ1v) is 17.5. The molecule has 2 rings (SSSR count). The summed E-state index contributed by atoms with van der Waals surface area (Å²) in [5.74, 6) is -3.87. The standard InChI is InChI=1S/C33H49N9O6S/c1-21(2)17-28(39-29(44)24(35)13-16-49-3)33(48)41(20-43)30(45)23-19-38-15-12-27(23)40-42(31(46)25(36)11-7-8-14-34)32(47)26(37)18-22-9-5-4-6-10-22/h4-6,9-10,12,15,19-21,24-26,28H,7-8,11,13-14,16-18,34-37H2,1-3H3,(H,38,40)(H,39,44)/t24-,25-,26-,28-/m0/s1. The van der Waals surface area contributed by atoms with E-state index in [1.807, 2.05) is 26.2 Å². The smallest absolute Gasteiger partial charge is 0.270 e. The summed E-state index contributed by atoms with van der Waals surface area (Å²) in [5, 5.41) is 3.23. The molecule has 0 saturated carbocycles. The van der Waals surface area contributed by atoms with E-state index in [0.29, 0.717) is 41.5 Å². The number of nitrogens with two attached hydrogens (primary N) is 4. The fourth-order valence-corrected chi connectivity index (χ4v) is 5.26. The Balaban J connectivity index is 2.44. The normalized spacial score (nSPS) is 13.5. The third-order valence-corrected chi connectivity index (χ3v) is 8.12. The van der Waals surface area contributed by atoms with Gasteiger partial charge in [-0.1, -0.05) is 50.6 Å². The molecule has 0 radical (unpaired) electrons. The topological polar surface area (TPSA) is 250 Å². The Bertz CT molecular complexity index is 1410. The summed E-state index contributed by atoms with van der Waals surface area (Å²) in [6, 6.07) is 5.76. The number of carbonyl (C=O) groups is 6. The number of thioether (sulfide) groups is 1. The number of carbonyl (C=O) groups excluding carboxylic acids is 6. The van der Waals surface area contributed by atoms with E-state index in [1.54, 1.807) is 24.3 Å². The molecule has 268 valence electrons. The minimum absolute atomic E-state index is 0.0335. The van der Waals surface area contributed by atoms with E-state index in [1.165, 1.54) is 24.0 Å². The maximum absolute atomic E-state index is 13.8. The van der Waals surface area contributed by atoms with Crippen molar-refractivity contribution < 1.29 is 28.8 Å². The number of nitrogens with zero attached hydrogens (tertiary/aromatic N) is 3. The molecule has 0 bridgehead atoms. The van der Waals surface area contributed by atoms with Gasteiger partial charge >= 0.3 is 0 Å². The molecule has 15 nitrogen and oxygen atoms in total. The van der Waals surface area contributed by atoms with Crippen molar-refractivity contribution in [3.05, 3.63) is 59.9 Å². The van der Waals surface area contributed by atoms with E-state index in [4.69, 9.17) is 22.9 Å². The number of hydrogen-bond donors (Lipinski definition) is 6. The van der Waals surface area contributed by atoms with E-state index >= 15 is 0 Å². The van der Waals surface area contributed by atoms with Gasteiger partial charge in [-0.05, 0) is 68.2 Å². The van der Waals surface area contributed by atoms with Crippen molar-refractivity contribution in [1.82, 2.24) is 20.2 Å². The van der Waals surface area contributed by atoms with E-state index in [0.717, 1.165) is 11.8 Å². The number of rotatable bonds is 20. The average molecular weight is 700 g/mol. The van der Waals surface area contributed by atoms with Crippen LogP contribution in [0.4, 0.5) is 5.69 Å². The zero-order valence-electron chi connectivity index (χ0n) is 28.2. The Hall–Kier alpha value is -4.22. The highest BCUT2D eigenvalue weighted by Crippen LogP contribution is 2.20. The van der Waals surface area contributed by atoms with Gasteiger partial charge in [0.25, 0.3) is 23.6 Å². The SMILES string of the molecule is CSCC[C@H](N)C(=O)N[C@@H](CC(C)C)C(=O)N(C=O)C(=O)c1cnccc1NN(C(=O)[C@@H](N)CCCCN)C(=O)[C@@H](N)Cc1ccccc1. The molecule has 2 aromatic rings. The minimum atomic E-state index is -1.25. The van der Waals surface area contributed by atoms with Crippen LogP contribution in [0.3, 0.4) is 0 Å². The lowest BCUT2D eigenvalue weighted by molar-refractivity contribution is -0.145. The summed E-state index contributed by atoms with van der Waals surface area (Å²) in [4.78, 5) is 84.1. The van der Waals surface area contributed by atoms with Crippen LogP contribution in [0.15, 0.2) is 48.8 Å². The van der Waals surface area contributed by atoms with Gasteiger partial charge in [-0.3, -0.25) is 39.2 Å². The fourth-order valence-electron chi connectivity index (χ4n) is 4.77. The van der Waals surface area contributed by atoms with Gasteiger partial charge in [-0.2, -0.15) is 16.8 Å². The molecule has 0 aliphatic carbocycles. The molecule has 0 unspecified atom stereocenters. The van der Waals surface area contributed by atoms with Crippen LogP contribution in [0.1, 0.15) is 61.9 Å². The van der Waals surface area contributed by atoms with Crippen LogP contribution in [0.5, 0.6) is 0 Å². The first-order chi connectivity index (χ1) is 23.4. The quantitative estimate of drug-likeness (QED) is 0.0628. The van der Waals surface area contributed by atoms with Crippen LogP contribution in [0.2, 0.25) is 0 Å². The van der Waals surface area contributed by atoms with Gasteiger partial charge in [0, 0.05) is 12.4 Å². The van der Waals surface area contributed by atoms with Gasteiger partial charge < -0.3 is 28.3 Å². The second-order valence-electron chi connectivity index (χ2n) is 11.9. The summed E-state index contributed by atoms with van der Waals surface area (Å²) < 4.78 is 0. The molecule has 1 heterocycles. The van der Waals surface area contributed by atoms with Crippen LogP contribution in [-0.2, 0) is 30.4 Å². The number of hydrazine groups is 1. The summed E-state index contributed by atoms with van der Waals surface area (Å²) >= 11 is 1.51. The fraction of sp³-hybridized carbons (Fsp3) is 0.485. The Morgan fingerprint density at radius 2 is 1.59 bits per heavy atom. The highest BCUT2D eigenvalue weighted by molar-refractivity contribution is 7.98. The number of amides is 6. The van der Waals surface area contributed by atoms with Crippen molar-refractivity contribution in [2.75, 3.05) is 24.0 Å². The molecule has 1 aromatic heterocycles. The van der Waals surface area contributed by atoms with Crippen LogP contribution >= 0.6 is 11.8 Å². The third kappa shape index (κ3) is 12.6. The Morgan fingerprint density at radius 3 is 2.20 bits per heavy atom. The zero-order valence-corrected chi connectivity index (χ0v) is 29.1. The molecule has 49 heavy (non-hydrogen) atoms. The number of pyridine rings is 1. The van der Waals surface area contributed by atoms with Crippen molar-refractivity contribution in [3.63, 3.8) is 0 Å². The minimum Gasteiger partial charge on any atom is -0.343 e. The lowest BCUT2D eigenvalue weighted by atomic mass is 10.0. The number of aromatic nitrogens is 1. The molecule has 10 N–H and O–H groups in total. The predicted molar refractivity (Wildman–Crippen MR) is 188 cm³/mol. The summed E-state index contributed by atoms with van der Waals surface area (Å²) in [7, 11) is 0. The van der Waals surface area contributed by atoms with Crippen molar-refractivity contribution in [2.24, 2.45) is 28.9 Å². The molecule has 4 atom stereocenters. The molecule has 6 amide bonds. The molecule has 0 saturated heterocycles. The first-order valence-electron chi connectivity index (χ1n) is 16.1. The highest BCUT2D eigenvalue weighted by Gasteiger charge is 2.35. The van der Waals surface area contributed by atoms with Crippen LogP contribution in [-0.4, -0.2) is 93.6 Å². The van der Waals surface area contributed by atoms with Gasteiger partial charge in [-0.15, -0.1) is 0 Å². The number of hydrogen-bond acceptors (Lipinski definition) is 13. The molecule has 0 aliphatic heterocycles. The number of imide groups is 4. The Labute approximate surface area is 291 Å². The maximum atomic E-state index is 13.8. The van der Waals surface area contributed by atoms with E-state index in [9.17, 15) is 28.8 Å². The molecule has 16 heteroatoms. The monoisotopic (exact) mass is 699 g/mol. The Morgan fingerprint density at radius 1 is 0.918 bits per heavy atom. The van der Waals surface area contributed by atoms with Crippen LogP contribution in [0, 0.1) is 5.92 Å². The van der Waals surface area contributed by atoms with Crippen molar-refractivity contribution in [3.8, 4) is 0 Å². The van der Waals surface area contributed by atoms with Crippen molar-refractivity contribution >= 4 is 53.4 Å². The largest absolute Gasteiger partial charge is 0.343 e. The van der Waals surface area contributed by atoms with Crippen LogP contribution in [0.25, 0.3) is 0 Å². The number of benzene rings is 1. The predicted octanol–water partition coefficient (Wildman–Crippen LogP) is 0.527. The van der Waals surface area contributed by atoms with E-state index in [2.05, 4.69) is 15.7 Å². The van der Waals surface area contributed by atoms with E-state index in [-0.39, 0.29) is 42.8 Å². The summed E-state index contributed by atoms with van der Waals surface area (Å²) in [5.41, 5.74) is 27.0. The highest BCUT2D eigenvalue weighted by atomic mass is 32.2. The molecule has 0 fully saturated rings. The number of anilines is 1. The average Bonchev–Trinajstić information content (AvgIpc) is 3.09. The van der Waals surface area contributed by atoms with E-state index < -0.39 is 53.7 Å². The zero-order chi connectivity index (χ0) is 36.5. The van der Waals surface area contributed by atoms with Gasteiger partial charge in [-0.25, -0.2) is 4.90 Å². The Kier molecular flexibility index (Phi) is 17.5. The molecular formula is C33H49N9O6S. The van der Waals surface area contributed by atoms with Crippen molar-refractivity contribution in [1.29, 1.82) is 0 Å². The van der Waals surface area contributed by atoms with Gasteiger partial charge in [0.1, 0.15) is 6.04 Å². The lowest BCUT2D eigenvalue weighted by Gasteiger charge is -2.29. The molecule has 1 aromatic carbocycles. The maximum Gasteiger partial charge on any atom is 0.270 e. The van der Waals surface area contributed by atoms with Gasteiger partial charge in [0.15, 0.2) is 0 Å². The molecule has 0 spiro atoms. The molecule has 0 aliphatic rings. The number of nitrogens with one attached hydrogen (secondary N) is 2. The van der Waals surface area contributed by atoms with Crippen molar-refractivity contribution in [2.45, 2.75) is 76.5 Å². The van der Waals surface area contributed by atoms with Gasteiger partial charge in [0.05, 0.1) is 29.4 Å². The third-order valence-electron chi connectivity index (χ3n) is 7.48. The van der Waals surface area contributed by atoms with Gasteiger partial charge in [0.2, 0.25) is 12.3 Å². The molecular weight excluding hydrogens is 650 g/mol. The second-order valence-corrected chi connectivity index (χ2v) is 12.9. The van der Waals surface area contributed by atoms with Crippen LogP contribution < -0.4 is 33.7 Å². The second kappa shape index (κ2) is 21.0. The number of unbranched alkanes of at least 4 members (excludes halogenated alkanes) is 1.